The summed E-state index contributed by atoms with van der Waals surface area (Å²) in [7, 11) is 1.60. The summed E-state index contributed by atoms with van der Waals surface area (Å²) in [6, 6.07) is 7.42. The number of nitrogens with zero attached hydrogens (tertiary/aromatic N) is 3. The molecule has 0 aliphatic carbocycles. The Labute approximate surface area is 97.4 Å². The van der Waals surface area contributed by atoms with Gasteiger partial charge in [-0.1, -0.05) is 12.1 Å². The summed E-state index contributed by atoms with van der Waals surface area (Å²) in [6.07, 6.45) is 1.23. The third-order valence-electron chi connectivity index (χ3n) is 2.24. The number of rotatable bonds is 4. The highest BCUT2D eigenvalue weighted by molar-refractivity contribution is 5.84. The molecule has 0 radical (unpaired) electrons. The number of ether oxygens (including phenoxy) is 1. The number of hydrogen-bond acceptors (Lipinski definition) is 4. The Morgan fingerprint density at radius 1 is 1.41 bits per heavy atom. The van der Waals surface area contributed by atoms with E-state index in [1.54, 1.807) is 7.11 Å². The van der Waals surface area contributed by atoms with Crippen molar-refractivity contribution in [2.45, 2.75) is 6.54 Å². The van der Waals surface area contributed by atoms with Crippen LogP contribution >= 0.6 is 0 Å². The van der Waals surface area contributed by atoms with E-state index in [1.807, 2.05) is 24.3 Å². The Kier molecular flexibility index (Phi) is 3.04. The maximum Gasteiger partial charge on any atom is 0.358 e. The van der Waals surface area contributed by atoms with Crippen molar-refractivity contribution in [2.75, 3.05) is 7.11 Å². The Bertz CT molecular complexity index is 519. The Balaban J connectivity index is 2.11. The monoisotopic (exact) mass is 233 g/mol. The predicted octanol–water partition coefficient (Wildman–Crippen LogP) is 1.03. The molecular formula is C11H11N3O3. The molecule has 0 amide bonds. The molecule has 1 heterocycles. The molecule has 0 fully saturated rings. The van der Waals surface area contributed by atoms with Gasteiger partial charge in [0.15, 0.2) is 5.69 Å². The van der Waals surface area contributed by atoms with E-state index in [9.17, 15) is 4.79 Å². The summed E-state index contributed by atoms with van der Waals surface area (Å²) >= 11 is 0. The van der Waals surface area contributed by atoms with Crippen molar-refractivity contribution in [2.24, 2.45) is 0 Å². The molecule has 0 saturated carbocycles. The summed E-state index contributed by atoms with van der Waals surface area (Å²) < 4.78 is 5.04. The highest BCUT2D eigenvalue weighted by Crippen LogP contribution is 2.11. The van der Waals surface area contributed by atoms with Crippen LogP contribution in [0.2, 0.25) is 0 Å². The lowest BCUT2D eigenvalue weighted by molar-refractivity contribution is 0.0689. The minimum Gasteiger partial charge on any atom is -0.497 e. The minimum absolute atomic E-state index is 0.0569. The maximum atomic E-state index is 10.6. The summed E-state index contributed by atoms with van der Waals surface area (Å²) in [6.45, 7) is 0.428. The lowest BCUT2D eigenvalue weighted by atomic mass is 10.2. The van der Waals surface area contributed by atoms with E-state index >= 15 is 0 Å². The van der Waals surface area contributed by atoms with Crippen LogP contribution < -0.4 is 4.74 Å². The van der Waals surface area contributed by atoms with E-state index in [0.717, 1.165) is 11.3 Å². The van der Waals surface area contributed by atoms with Gasteiger partial charge in [0.05, 0.1) is 19.9 Å². The summed E-state index contributed by atoms with van der Waals surface area (Å²) in [5, 5.41) is 16.4. The van der Waals surface area contributed by atoms with Crippen LogP contribution in [0.1, 0.15) is 16.1 Å². The Hall–Kier alpha value is -2.37. The second kappa shape index (κ2) is 4.65. The molecule has 0 saturated heterocycles. The molecule has 88 valence electrons. The average Bonchev–Trinajstić information content (AvgIpc) is 2.79. The number of carbonyl (C=O) groups is 1. The van der Waals surface area contributed by atoms with E-state index in [2.05, 4.69) is 10.2 Å². The number of benzene rings is 1. The second-order valence-corrected chi connectivity index (χ2v) is 3.41. The van der Waals surface area contributed by atoms with Gasteiger partial charge < -0.3 is 9.84 Å². The molecule has 2 rings (SSSR count). The largest absolute Gasteiger partial charge is 0.497 e. The van der Waals surface area contributed by atoms with E-state index in [4.69, 9.17) is 9.84 Å². The summed E-state index contributed by atoms with van der Waals surface area (Å²) in [4.78, 5) is 12.0. The lowest BCUT2D eigenvalue weighted by Gasteiger charge is -2.02. The molecule has 17 heavy (non-hydrogen) atoms. The molecule has 0 aliphatic rings. The zero-order valence-corrected chi connectivity index (χ0v) is 9.20. The number of carboxylic acid groups (broad SMARTS) is 1. The molecule has 6 nitrogen and oxygen atoms in total. The standard InChI is InChI=1S/C11H11N3O3/c1-17-9-4-2-8(3-5-9)7-14-12-6-10(13-14)11(15)16/h2-6H,7H2,1H3,(H,15,16). The number of carboxylic acids is 1. The van der Waals surface area contributed by atoms with Gasteiger partial charge in [-0.05, 0) is 17.7 Å². The summed E-state index contributed by atoms with van der Waals surface area (Å²) in [5.41, 5.74) is 0.914. The van der Waals surface area contributed by atoms with Crippen LogP contribution in [0.25, 0.3) is 0 Å². The first-order valence-electron chi connectivity index (χ1n) is 4.95. The van der Waals surface area contributed by atoms with E-state index < -0.39 is 5.97 Å². The first-order chi connectivity index (χ1) is 8.19. The van der Waals surface area contributed by atoms with Gasteiger partial charge >= 0.3 is 5.97 Å². The predicted molar refractivity (Wildman–Crippen MR) is 59.1 cm³/mol. The molecule has 6 heteroatoms. The fraction of sp³-hybridized carbons (Fsp3) is 0.182. The lowest BCUT2D eigenvalue weighted by Crippen LogP contribution is -2.05. The molecule has 1 aromatic carbocycles. The molecule has 0 atom stereocenters. The topological polar surface area (TPSA) is 77.2 Å². The van der Waals surface area contributed by atoms with Gasteiger partial charge in [0.2, 0.25) is 0 Å². The molecule has 0 aliphatic heterocycles. The zero-order chi connectivity index (χ0) is 12.3. The summed E-state index contributed by atoms with van der Waals surface area (Å²) in [5.74, 6) is -0.306. The van der Waals surface area contributed by atoms with E-state index in [1.165, 1.54) is 11.0 Å². The van der Waals surface area contributed by atoms with Gasteiger partial charge in [0.25, 0.3) is 0 Å². The van der Waals surface area contributed by atoms with Crippen LogP contribution in [0.3, 0.4) is 0 Å². The van der Waals surface area contributed by atoms with Crippen LogP contribution in [0.15, 0.2) is 30.5 Å². The van der Waals surface area contributed by atoms with Crippen molar-refractivity contribution in [3.63, 3.8) is 0 Å². The van der Waals surface area contributed by atoms with Crippen molar-refractivity contribution >= 4 is 5.97 Å². The van der Waals surface area contributed by atoms with Gasteiger partial charge in [0, 0.05) is 0 Å². The van der Waals surface area contributed by atoms with Crippen molar-refractivity contribution < 1.29 is 14.6 Å². The van der Waals surface area contributed by atoms with Crippen LogP contribution in [-0.2, 0) is 6.54 Å². The second-order valence-electron chi connectivity index (χ2n) is 3.41. The number of methoxy groups -OCH3 is 1. The SMILES string of the molecule is COc1ccc(Cn2ncc(C(=O)O)n2)cc1. The van der Waals surface area contributed by atoms with Crippen LogP contribution in [-0.4, -0.2) is 33.2 Å². The molecule has 2 aromatic rings. The van der Waals surface area contributed by atoms with Crippen molar-refractivity contribution in [1.29, 1.82) is 0 Å². The molecule has 0 spiro atoms. The highest BCUT2D eigenvalue weighted by atomic mass is 16.5. The maximum absolute atomic E-state index is 10.6. The van der Waals surface area contributed by atoms with Crippen LogP contribution in [0, 0.1) is 0 Å². The number of aromatic nitrogens is 3. The van der Waals surface area contributed by atoms with Crippen molar-refractivity contribution in [3.8, 4) is 5.75 Å². The minimum atomic E-state index is -1.08. The smallest absolute Gasteiger partial charge is 0.358 e. The molecule has 0 unspecified atom stereocenters. The van der Waals surface area contributed by atoms with Crippen molar-refractivity contribution in [3.05, 3.63) is 41.7 Å². The van der Waals surface area contributed by atoms with Gasteiger partial charge in [-0.25, -0.2) is 4.79 Å². The van der Waals surface area contributed by atoms with Crippen LogP contribution in [0.4, 0.5) is 0 Å². The van der Waals surface area contributed by atoms with Gasteiger partial charge in [-0.3, -0.25) is 0 Å². The van der Waals surface area contributed by atoms with E-state index in [-0.39, 0.29) is 5.69 Å². The Morgan fingerprint density at radius 3 is 2.65 bits per heavy atom. The fourth-order valence-corrected chi connectivity index (χ4v) is 1.37. The number of aromatic carboxylic acids is 1. The van der Waals surface area contributed by atoms with Gasteiger partial charge in [-0.2, -0.15) is 9.90 Å². The third-order valence-corrected chi connectivity index (χ3v) is 2.24. The molecule has 0 bridgehead atoms. The van der Waals surface area contributed by atoms with Gasteiger partial charge in [0.1, 0.15) is 5.75 Å². The molecule has 1 N–H and O–H groups in total. The highest BCUT2D eigenvalue weighted by Gasteiger charge is 2.08. The van der Waals surface area contributed by atoms with E-state index in [0.29, 0.717) is 6.54 Å². The average molecular weight is 233 g/mol. The first-order valence-corrected chi connectivity index (χ1v) is 4.95. The first kappa shape index (κ1) is 11.1. The quantitative estimate of drug-likeness (QED) is 0.853. The number of hydrogen-bond donors (Lipinski definition) is 1. The molecule has 1 aromatic heterocycles. The third kappa shape index (κ3) is 2.60. The fourth-order valence-electron chi connectivity index (χ4n) is 1.37. The van der Waals surface area contributed by atoms with Crippen molar-refractivity contribution in [1.82, 2.24) is 15.0 Å². The Morgan fingerprint density at radius 2 is 2.12 bits per heavy atom. The van der Waals surface area contributed by atoms with Gasteiger partial charge in [-0.15, -0.1) is 5.10 Å². The zero-order valence-electron chi connectivity index (χ0n) is 9.20. The van der Waals surface area contributed by atoms with Crippen LogP contribution in [0.5, 0.6) is 5.75 Å². The molecular weight excluding hydrogens is 222 g/mol. The normalized spacial score (nSPS) is 10.2.